The second-order valence-corrected chi connectivity index (χ2v) is 4.75. The molecule has 1 aromatic carbocycles. The zero-order valence-electron chi connectivity index (χ0n) is 7.40. The van der Waals surface area contributed by atoms with Crippen LogP contribution in [0.3, 0.4) is 0 Å². The molecule has 1 aromatic rings. The lowest BCUT2D eigenvalue weighted by Gasteiger charge is -2.07. The molecule has 0 atom stereocenters. The van der Waals surface area contributed by atoms with E-state index < -0.39 is 0 Å². The zero-order valence-corrected chi connectivity index (χ0v) is 10.5. The lowest BCUT2D eigenvalue weighted by atomic mass is 10.4. The maximum Gasteiger partial charge on any atom is 0.0607 e. The average molecular weight is 269 g/mol. The van der Waals surface area contributed by atoms with Crippen LogP contribution < -0.4 is 4.72 Å². The molecule has 0 aliphatic heterocycles. The Labute approximate surface area is 103 Å². The molecule has 0 aromatic heterocycles. The van der Waals surface area contributed by atoms with Crippen LogP contribution >= 0.6 is 46.8 Å². The molecule has 1 N–H and O–H groups in total. The maximum atomic E-state index is 5.95. The van der Waals surface area contributed by atoms with Gasteiger partial charge in [0.1, 0.15) is 0 Å². The highest BCUT2D eigenvalue weighted by Gasteiger charge is 2.06. The number of benzene rings is 1. The first kappa shape index (κ1) is 12.1. The molecule has 0 fully saturated rings. The summed E-state index contributed by atoms with van der Waals surface area (Å²) in [5, 5.41) is 1.51. The molecule has 0 amide bonds. The van der Waals surface area contributed by atoms with Gasteiger partial charge in [0.25, 0.3) is 0 Å². The molecule has 0 spiro atoms. The molecule has 5 heteroatoms. The van der Waals surface area contributed by atoms with Crippen molar-refractivity contribution in [3.63, 3.8) is 0 Å². The van der Waals surface area contributed by atoms with Gasteiger partial charge in [-0.2, -0.15) is 0 Å². The number of allylic oxidation sites excluding steroid dienone is 1. The standard InChI is InChI=1S/C9H8Cl3NS/c1-5(2)13-14-9-4-7(11)6(10)3-8(9)12/h3-4,13H,1H2,2H3. The van der Waals surface area contributed by atoms with Crippen LogP contribution in [0.5, 0.6) is 0 Å². The summed E-state index contributed by atoms with van der Waals surface area (Å²) in [5.41, 5.74) is 0.845. The second-order valence-electron chi connectivity index (χ2n) is 2.68. The van der Waals surface area contributed by atoms with Crippen molar-refractivity contribution in [3.05, 3.63) is 39.5 Å². The fraction of sp³-hybridized carbons (Fsp3) is 0.111. The fourth-order valence-electron chi connectivity index (χ4n) is 0.725. The molecular formula is C9H8Cl3NS. The summed E-state index contributed by atoms with van der Waals surface area (Å²) in [7, 11) is 0. The van der Waals surface area contributed by atoms with E-state index in [-0.39, 0.29) is 0 Å². The van der Waals surface area contributed by atoms with Crippen molar-refractivity contribution in [1.82, 2.24) is 4.72 Å². The number of hydrogen-bond acceptors (Lipinski definition) is 2. The Kier molecular flexibility index (Phi) is 4.45. The smallest absolute Gasteiger partial charge is 0.0607 e. The quantitative estimate of drug-likeness (QED) is 0.625. The van der Waals surface area contributed by atoms with Crippen molar-refractivity contribution in [2.24, 2.45) is 0 Å². The van der Waals surface area contributed by atoms with Crippen LogP contribution in [0.2, 0.25) is 15.1 Å². The van der Waals surface area contributed by atoms with Gasteiger partial charge in [-0.3, -0.25) is 0 Å². The third-order valence-corrected chi connectivity index (χ3v) is 3.47. The van der Waals surface area contributed by atoms with E-state index in [1.54, 1.807) is 12.1 Å². The minimum Gasteiger partial charge on any atom is -0.330 e. The first-order valence-electron chi connectivity index (χ1n) is 3.73. The van der Waals surface area contributed by atoms with Crippen LogP contribution in [-0.4, -0.2) is 0 Å². The van der Waals surface area contributed by atoms with Crippen molar-refractivity contribution in [2.75, 3.05) is 0 Å². The Balaban J connectivity index is 2.87. The molecule has 0 heterocycles. The van der Waals surface area contributed by atoms with Gasteiger partial charge in [0.05, 0.1) is 15.1 Å². The summed E-state index contributed by atoms with van der Waals surface area (Å²) in [4.78, 5) is 0.823. The Hall–Kier alpha value is -0.0200. The predicted octanol–water partition coefficient (Wildman–Crippen LogP) is 4.78. The first-order chi connectivity index (χ1) is 6.50. The molecule has 0 unspecified atom stereocenters. The van der Waals surface area contributed by atoms with Crippen molar-refractivity contribution < 1.29 is 0 Å². The third-order valence-electron chi connectivity index (χ3n) is 1.31. The molecule has 0 bridgehead atoms. The second kappa shape index (κ2) is 5.17. The minimum absolute atomic E-state index is 0.455. The number of nitrogens with one attached hydrogen (secondary N) is 1. The number of rotatable bonds is 3. The highest BCUT2D eigenvalue weighted by molar-refractivity contribution is 7.97. The SMILES string of the molecule is C=C(C)NSc1cc(Cl)c(Cl)cc1Cl. The average Bonchev–Trinajstić information content (AvgIpc) is 2.09. The van der Waals surface area contributed by atoms with Gasteiger partial charge in [0, 0.05) is 10.6 Å². The normalized spacial score (nSPS) is 10.0. The first-order valence-corrected chi connectivity index (χ1v) is 5.68. The van der Waals surface area contributed by atoms with Gasteiger partial charge in [-0.1, -0.05) is 41.4 Å². The molecule has 0 saturated carbocycles. The van der Waals surface area contributed by atoms with Crippen molar-refractivity contribution in [3.8, 4) is 0 Å². The Morgan fingerprint density at radius 3 is 2.36 bits per heavy atom. The van der Waals surface area contributed by atoms with Crippen LogP contribution in [0, 0.1) is 0 Å². The van der Waals surface area contributed by atoms with Crippen LogP contribution in [0.4, 0.5) is 0 Å². The third kappa shape index (κ3) is 3.28. The van der Waals surface area contributed by atoms with Crippen LogP contribution in [0.25, 0.3) is 0 Å². The van der Waals surface area contributed by atoms with Gasteiger partial charge < -0.3 is 4.72 Å². The Morgan fingerprint density at radius 2 is 1.79 bits per heavy atom. The van der Waals surface area contributed by atoms with E-state index in [4.69, 9.17) is 34.8 Å². The highest BCUT2D eigenvalue weighted by atomic mass is 35.5. The summed E-state index contributed by atoms with van der Waals surface area (Å²) in [6.45, 7) is 5.57. The number of hydrogen-bond donors (Lipinski definition) is 1. The van der Waals surface area contributed by atoms with Gasteiger partial charge in [0.2, 0.25) is 0 Å². The van der Waals surface area contributed by atoms with Crippen LogP contribution in [0.15, 0.2) is 29.3 Å². The molecule has 76 valence electrons. The van der Waals surface area contributed by atoms with Gasteiger partial charge in [0.15, 0.2) is 0 Å². The summed E-state index contributed by atoms with van der Waals surface area (Å²) in [6.07, 6.45) is 0. The van der Waals surface area contributed by atoms with Crippen molar-refractivity contribution in [1.29, 1.82) is 0 Å². The largest absolute Gasteiger partial charge is 0.330 e. The Morgan fingerprint density at radius 1 is 1.21 bits per heavy atom. The molecule has 1 rings (SSSR count). The van der Waals surface area contributed by atoms with Gasteiger partial charge in [-0.05, 0) is 31.0 Å². The van der Waals surface area contributed by atoms with Crippen molar-refractivity contribution >= 4 is 46.8 Å². The van der Waals surface area contributed by atoms with Gasteiger partial charge >= 0.3 is 0 Å². The molecule has 14 heavy (non-hydrogen) atoms. The summed E-state index contributed by atoms with van der Waals surface area (Å²) >= 11 is 18.9. The minimum atomic E-state index is 0.455. The van der Waals surface area contributed by atoms with Crippen LogP contribution in [-0.2, 0) is 0 Å². The Bertz CT molecular complexity index is 365. The molecule has 0 aliphatic rings. The lowest BCUT2D eigenvalue weighted by molar-refractivity contribution is 1.21. The maximum absolute atomic E-state index is 5.95. The zero-order chi connectivity index (χ0) is 10.7. The van der Waals surface area contributed by atoms with E-state index in [2.05, 4.69) is 11.3 Å². The van der Waals surface area contributed by atoms with E-state index in [0.717, 1.165) is 10.6 Å². The monoisotopic (exact) mass is 267 g/mol. The molecule has 0 radical (unpaired) electrons. The van der Waals surface area contributed by atoms with E-state index in [0.29, 0.717) is 15.1 Å². The predicted molar refractivity (Wildman–Crippen MR) is 65.3 cm³/mol. The van der Waals surface area contributed by atoms with Crippen LogP contribution in [0.1, 0.15) is 6.92 Å². The molecule has 0 saturated heterocycles. The van der Waals surface area contributed by atoms with Gasteiger partial charge in [-0.25, -0.2) is 0 Å². The summed E-state index contributed by atoms with van der Waals surface area (Å²) in [6, 6.07) is 3.33. The van der Waals surface area contributed by atoms with E-state index in [1.165, 1.54) is 11.9 Å². The number of halogens is 3. The topological polar surface area (TPSA) is 12.0 Å². The van der Waals surface area contributed by atoms with E-state index >= 15 is 0 Å². The summed E-state index contributed by atoms with van der Waals surface area (Å²) < 4.78 is 2.99. The highest BCUT2D eigenvalue weighted by Crippen LogP contribution is 2.33. The molecular weight excluding hydrogens is 261 g/mol. The summed E-state index contributed by atoms with van der Waals surface area (Å²) in [5.74, 6) is 0. The molecule has 0 aliphatic carbocycles. The van der Waals surface area contributed by atoms with Gasteiger partial charge in [-0.15, -0.1) is 0 Å². The fourth-order valence-corrected chi connectivity index (χ4v) is 2.07. The van der Waals surface area contributed by atoms with E-state index in [9.17, 15) is 0 Å². The molecule has 1 nitrogen and oxygen atoms in total. The van der Waals surface area contributed by atoms with E-state index in [1.807, 2.05) is 6.92 Å². The lowest BCUT2D eigenvalue weighted by Crippen LogP contribution is -1.97. The van der Waals surface area contributed by atoms with Crippen molar-refractivity contribution in [2.45, 2.75) is 11.8 Å².